The fourth-order valence-corrected chi connectivity index (χ4v) is 3.67. The SMILES string of the molecule is CC1=CSC2CC(C)CC12. The Morgan fingerprint density at radius 1 is 1.50 bits per heavy atom. The lowest BCUT2D eigenvalue weighted by Gasteiger charge is -2.08. The Kier molecular flexibility index (Phi) is 1.56. The van der Waals surface area contributed by atoms with E-state index in [1.54, 1.807) is 5.57 Å². The molecule has 3 atom stereocenters. The zero-order chi connectivity index (χ0) is 7.14. The lowest BCUT2D eigenvalue weighted by atomic mass is 9.99. The van der Waals surface area contributed by atoms with Gasteiger partial charge < -0.3 is 0 Å². The monoisotopic (exact) mass is 154 g/mol. The highest BCUT2D eigenvalue weighted by molar-refractivity contribution is 8.03. The van der Waals surface area contributed by atoms with E-state index in [0.29, 0.717) is 0 Å². The van der Waals surface area contributed by atoms with Gasteiger partial charge in [0.1, 0.15) is 0 Å². The number of thioether (sulfide) groups is 1. The number of allylic oxidation sites excluding steroid dienone is 1. The Morgan fingerprint density at radius 2 is 2.30 bits per heavy atom. The first kappa shape index (κ1) is 6.78. The molecule has 2 rings (SSSR count). The van der Waals surface area contributed by atoms with Crippen molar-refractivity contribution in [3.05, 3.63) is 11.0 Å². The summed E-state index contributed by atoms with van der Waals surface area (Å²) in [6, 6.07) is 0. The zero-order valence-electron chi connectivity index (χ0n) is 6.63. The molecule has 0 aromatic carbocycles. The van der Waals surface area contributed by atoms with Crippen LogP contribution in [-0.2, 0) is 0 Å². The van der Waals surface area contributed by atoms with Gasteiger partial charge in [-0.2, -0.15) is 0 Å². The van der Waals surface area contributed by atoms with Gasteiger partial charge in [-0.25, -0.2) is 0 Å². The maximum Gasteiger partial charge on any atom is 0.0157 e. The first-order chi connectivity index (χ1) is 4.77. The van der Waals surface area contributed by atoms with Crippen molar-refractivity contribution in [3.63, 3.8) is 0 Å². The predicted molar refractivity (Wildman–Crippen MR) is 47.0 cm³/mol. The maximum atomic E-state index is 2.38. The molecule has 0 N–H and O–H groups in total. The summed E-state index contributed by atoms with van der Waals surface area (Å²) in [4.78, 5) is 0. The molecule has 0 nitrogen and oxygen atoms in total. The predicted octanol–water partition coefficient (Wildman–Crippen LogP) is 3.05. The minimum Gasteiger partial charge on any atom is -0.130 e. The van der Waals surface area contributed by atoms with E-state index in [4.69, 9.17) is 0 Å². The fraction of sp³-hybridized carbons (Fsp3) is 0.778. The Balaban J connectivity index is 2.13. The second-order valence-corrected chi connectivity index (χ2v) is 4.83. The lowest BCUT2D eigenvalue weighted by molar-refractivity contribution is 0.574. The van der Waals surface area contributed by atoms with E-state index < -0.39 is 0 Å². The molecule has 2 aliphatic rings. The quantitative estimate of drug-likeness (QED) is 0.517. The van der Waals surface area contributed by atoms with Gasteiger partial charge in [0.25, 0.3) is 0 Å². The van der Waals surface area contributed by atoms with Crippen LogP contribution in [0.3, 0.4) is 0 Å². The molecular weight excluding hydrogens is 140 g/mol. The van der Waals surface area contributed by atoms with E-state index in [0.717, 1.165) is 17.1 Å². The van der Waals surface area contributed by atoms with Crippen molar-refractivity contribution in [1.82, 2.24) is 0 Å². The number of hydrogen-bond donors (Lipinski definition) is 0. The molecule has 0 radical (unpaired) electrons. The third kappa shape index (κ3) is 0.914. The van der Waals surface area contributed by atoms with Gasteiger partial charge in [0.2, 0.25) is 0 Å². The highest BCUT2D eigenvalue weighted by atomic mass is 32.2. The molecule has 1 aliphatic carbocycles. The van der Waals surface area contributed by atoms with Gasteiger partial charge in [-0.15, -0.1) is 11.8 Å². The van der Waals surface area contributed by atoms with Crippen LogP contribution in [0.2, 0.25) is 0 Å². The van der Waals surface area contributed by atoms with Crippen molar-refractivity contribution in [3.8, 4) is 0 Å². The van der Waals surface area contributed by atoms with Crippen LogP contribution in [0.15, 0.2) is 11.0 Å². The van der Waals surface area contributed by atoms with E-state index in [1.165, 1.54) is 12.8 Å². The molecule has 0 bridgehead atoms. The molecule has 1 heterocycles. The van der Waals surface area contributed by atoms with Gasteiger partial charge in [0.15, 0.2) is 0 Å². The standard InChI is InChI=1S/C9H14S/c1-6-3-8-7(2)5-10-9(8)4-6/h5-6,8-9H,3-4H2,1-2H3. The largest absolute Gasteiger partial charge is 0.130 e. The Hall–Kier alpha value is 0.0900. The second kappa shape index (κ2) is 2.30. The smallest absolute Gasteiger partial charge is 0.0157 e. The van der Waals surface area contributed by atoms with Crippen LogP contribution >= 0.6 is 11.8 Å². The molecule has 1 aliphatic heterocycles. The van der Waals surface area contributed by atoms with Crippen LogP contribution in [-0.4, -0.2) is 5.25 Å². The molecule has 10 heavy (non-hydrogen) atoms. The summed E-state index contributed by atoms with van der Waals surface area (Å²) in [6.07, 6.45) is 2.89. The van der Waals surface area contributed by atoms with Crippen molar-refractivity contribution in [2.24, 2.45) is 11.8 Å². The highest BCUT2D eigenvalue weighted by Crippen LogP contribution is 2.47. The van der Waals surface area contributed by atoms with Gasteiger partial charge >= 0.3 is 0 Å². The van der Waals surface area contributed by atoms with Crippen molar-refractivity contribution in [2.75, 3.05) is 0 Å². The molecule has 56 valence electrons. The summed E-state index contributed by atoms with van der Waals surface area (Å²) in [5.41, 5.74) is 1.64. The van der Waals surface area contributed by atoms with Gasteiger partial charge in [-0.05, 0) is 37.0 Å². The van der Waals surface area contributed by atoms with E-state index in [9.17, 15) is 0 Å². The molecule has 0 spiro atoms. The Morgan fingerprint density at radius 3 is 3.00 bits per heavy atom. The lowest BCUT2D eigenvalue weighted by Crippen LogP contribution is -2.04. The molecule has 1 heteroatoms. The molecule has 1 saturated carbocycles. The molecule has 0 aromatic heterocycles. The molecule has 0 aromatic rings. The Labute approximate surface area is 67.1 Å². The third-order valence-corrected chi connectivity index (χ3v) is 4.13. The van der Waals surface area contributed by atoms with Crippen LogP contribution < -0.4 is 0 Å². The zero-order valence-corrected chi connectivity index (χ0v) is 7.45. The molecule has 3 unspecified atom stereocenters. The number of fused-ring (bicyclic) bond motifs is 1. The van der Waals surface area contributed by atoms with Crippen LogP contribution in [0.4, 0.5) is 0 Å². The minimum absolute atomic E-state index is 0.944. The van der Waals surface area contributed by atoms with Crippen molar-refractivity contribution in [2.45, 2.75) is 31.9 Å². The summed E-state index contributed by atoms with van der Waals surface area (Å²) < 4.78 is 0. The minimum atomic E-state index is 0.944. The first-order valence-electron chi connectivity index (χ1n) is 4.09. The van der Waals surface area contributed by atoms with Crippen LogP contribution in [0.1, 0.15) is 26.7 Å². The van der Waals surface area contributed by atoms with E-state index in [1.807, 2.05) is 0 Å². The van der Waals surface area contributed by atoms with Crippen LogP contribution in [0.25, 0.3) is 0 Å². The molecule has 1 fully saturated rings. The average molecular weight is 154 g/mol. The summed E-state index contributed by atoms with van der Waals surface area (Å²) in [6.45, 7) is 4.67. The van der Waals surface area contributed by atoms with E-state index >= 15 is 0 Å². The van der Waals surface area contributed by atoms with Crippen molar-refractivity contribution in [1.29, 1.82) is 0 Å². The molecule has 0 saturated heterocycles. The van der Waals surface area contributed by atoms with E-state index in [-0.39, 0.29) is 0 Å². The van der Waals surface area contributed by atoms with Crippen molar-refractivity contribution < 1.29 is 0 Å². The highest BCUT2D eigenvalue weighted by Gasteiger charge is 2.35. The Bertz CT molecular complexity index is 172. The summed E-state index contributed by atoms with van der Waals surface area (Å²) in [7, 11) is 0. The number of rotatable bonds is 0. The summed E-state index contributed by atoms with van der Waals surface area (Å²) in [5, 5.41) is 3.32. The molecule has 0 amide bonds. The summed E-state index contributed by atoms with van der Waals surface area (Å²) in [5.74, 6) is 1.92. The van der Waals surface area contributed by atoms with Gasteiger partial charge in [0.05, 0.1) is 0 Å². The third-order valence-electron chi connectivity index (χ3n) is 2.75. The van der Waals surface area contributed by atoms with Gasteiger partial charge in [-0.3, -0.25) is 0 Å². The first-order valence-corrected chi connectivity index (χ1v) is 5.04. The number of hydrogen-bond acceptors (Lipinski definition) is 1. The van der Waals surface area contributed by atoms with Crippen molar-refractivity contribution >= 4 is 11.8 Å². The molecular formula is C9H14S. The average Bonchev–Trinajstić information content (AvgIpc) is 2.35. The summed E-state index contributed by atoms with van der Waals surface area (Å²) >= 11 is 2.06. The normalized spacial score (nSPS) is 45.4. The fourth-order valence-electron chi connectivity index (χ4n) is 2.15. The second-order valence-electron chi connectivity index (χ2n) is 3.72. The topological polar surface area (TPSA) is 0 Å². The maximum absolute atomic E-state index is 2.38. The van der Waals surface area contributed by atoms with Gasteiger partial charge in [-0.1, -0.05) is 12.5 Å². The van der Waals surface area contributed by atoms with Crippen LogP contribution in [0.5, 0.6) is 0 Å². The van der Waals surface area contributed by atoms with E-state index in [2.05, 4.69) is 31.0 Å². The van der Waals surface area contributed by atoms with Crippen LogP contribution in [0, 0.1) is 11.8 Å². The van der Waals surface area contributed by atoms with Gasteiger partial charge in [0, 0.05) is 5.25 Å².